The van der Waals surface area contributed by atoms with E-state index in [2.05, 4.69) is 87.8 Å². The molecular weight excluding hydrogens is 241 g/mol. The van der Waals surface area contributed by atoms with Gasteiger partial charge in [0.15, 0.2) is 0 Å². The third-order valence-corrected chi connectivity index (χ3v) is 3.71. The van der Waals surface area contributed by atoms with Crippen molar-refractivity contribution in [3.05, 3.63) is 54.1 Å². The molecule has 0 bridgehead atoms. The van der Waals surface area contributed by atoms with Crippen LogP contribution in [0.3, 0.4) is 0 Å². The highest BCUT2D eigenvalue weighted by Gasteiger charge is 2.08. The van der Waals surface area contributed by atoms with Crippen LogP contribution in [0.4, 0.5) is 0 Å². The van der Waals surface area contributed by atoms with Gasteiger partial charge in [0.2, 0.25) is 7.98 Å². The Morgan fingerprint density at radius 3 is 2.40 bits per heavy atom. The maximum atomic E-state index is 2.28. The Hall–Kier alpha value is -1.96. The third kappa shape index (κ3) is 2.26. The van der Waals surface area contributed by atoms with Gasteiger partial charge in [0.05, 0.1) is 0 Å². The van der Waals surface area contributed by atoms with Gasteiger partial charge < -0.3 is 4.48 Å². The largest absolute Gasteiger partial charge is 0.393 e. The molecule has 2 heteroatoms. The fraction of sp³-hybridized carbons (Fsp3) is 0.222. The van der Waals surface area contributed by atoms with Crippen molar-refractivity contribution in [2.45, 2.75) is 20.8 Å². The maximum absolute atomic E-state index is 2.28. The summed E-state index contributed by atoms with van der Waals surface area (Å²) < 4.78 is 2.28. The monoisotopic (exact) mass is 261 g/mol. The summed E-state index contributed by atoms with van der Waals surface area (Å²) in [6, 6.07) is 15.3. The first-order valence-electron chi connectivity index (χ1n) is 7.12. The molecule has 3 aromatic rings. The second-order valence-electron chi connectivity index (χ2n) is 6.55. The van der Waals surface area contributed by atoms with Crippen LogP contribution in [0.5, 0.6) is 0 Å². The number of fused-ring (bicyclic) bond motifs is 3. The number of nitrogens with zero attached hydrogens (tertiary/aromatic N) is 1. The van der Waals surface area contributed by atoms with E-state index in [-0.39, 0.29) is 5.41 Å². The summed E-state index contributed by atoms with van der Waals surface area (Å²) in [7, 11) is 2.14. The molecule has 1 aromatic heterocycles. The lowest BCUT2D eigenvalue weighted by Gasteiger charge is -2.11. The smallest absolute Gasteiger partial charge is 0.223 e. The van der Waals surface area contributed by atoms with Crippen molar-refractivity contribution in [2.75, 3.05) is 0 Å². The fourth-order valence-electron chi connectivity index (χ4n) is 2.63. The number of hydrogen-bond acceptors (Lipinski definition) is 0. The summed E-state index contributed by atoms with van der Waals surface area (Å²) in [5.41, 5.74) is 4.06. The van der Waals surface area contributed by atoms with Crippen LogP contribution < -0.4 is 0 Å². The first-order valence-corrected chi connectivity index (χ1v) is 7.12. The Labute approximate surface area is 121 Å². The van der Waals surface area contributed by atoms with Crippen LogP contribution >= 0.6 is 0 Å². The van der Waals surface area contributed by atoms with Gasteiger partial charge in [-0.25, -0.2) is 0 Å². The third-order valence-electron chi connectivity index (χ3n) is 3.71. The zero-order valence-electron chi connectivity index (χ0n) is 12.6. The average molecular weight is 261 g/mol. The zero-order valence-corrected chi connectivity index (χ0v) is 12.6. The minimum Gasteiger partial charge on any atom is -0.393 e. The lowest BCUT2D eigenvalue weighted by Crippen LogP contribution is -1.98. The van der Waals surface area contributed by atoms with Gasteiger partial charge in [0.1, 0.15) is 0 Å². The lowest BCUT2D eigenvalue weighted by molar-refractivity contribution is 0.547. The number of rotatable bonds is 1. The highest BCUT2D eigenvalue weighted by molar-refractivity contribution is 6.21. The Balaban J connectivity index is 2.19. The number of aromatic nitrogens is 1. The van der Waals surface area contributed by atoms with E-state index in [0.29, 0.717) is 0 Å². The Morgan fingerprint density at radius 2 is 1.65 bits per heavy atom. The van der Waals surface area contributed by atoms with Crippen molar-refractivity contribution >= 4 is 35.9 Å². The first-order chi connectivity index (χ1) is 9.46. The number of allylic oxidation sites excluding steroid dienone is 1. The molecule has 1 nitrogen and oxygen atoms in total. The van der Waals surface area contributed by atoms with Crippen LogP contribution in [0.1, 0.15) is 26.3 Å². The summed E-state index contributed by atoms with van der Waals surface area (Å²) in [6.45, 7) is 6.66. The van der Waals surface area contributed by atoms with Gasteiger partial charge in [-0.2, -0.15) is 0 Å². The predicted molar refractivity (Wildman–Crippen MR) is 91.9 cm³/mol. The van der Waals surface area contributed by atoms with Gasteiger partial charge in [0.25, 0.3) is 0 Å². The number of benzene rings is 2. The van der Waals surface area contributed by atoms with Gasteiger partial charge in [-0.15, -0.1) is 0 Å². The van der Waals surface area contributed by atoms with E-state index < -0.39 is 0 Å². The zero-order chi connectivity index (χ0) is 14.3. The molecule has 0 saturated carbocycles. The Bertz CT molecular complexity index is 803. The van der Waals surface area contributed by atoms with Crippen LogP contribution in [0.15, 0.2) is 48.5 Å². The normalized spacial score (nSPS) is 12.8. The molecule has 0 aliphatic carbocycles. The van der Waals surface area contributed by atoms with Crippen molar-refractivity contribution < 1.29 is 0 Å². The molecule has 0 radical (unpaired) electrons. The van der Waals surface area contributed by atoms with E-state index in [1.54, 1.807) is 0 Å². The molecule has 0 saturated heterocycles. The fourth-order valence-corrected chi connectivity index (χ4v) is 2.63. The van der Waals surface area contributed by atoms with Crippen molar-refractivity contribution in [3.8, 4) is 0 Å². The SMILES string of the molecule is Bn1c2ccccc2c2ccc(/C=C/C(C)(C)C)cc21. The molecule has 0 spiro atoms. The molecule has 0 fully saturated rings. The standard InChI is InChI=1S/C18H20BN/c1-18(2,3)11-10-13-8-9-15-14-6-4-5-7-16(14)20(19)17(15)12-13/h4-12H,19H2,1-3H3/b11-10+. The summed E-state index contributed by atoms with van der Waals surface area (Å²) in [4.78, 5) is 0. The van der Waals surface area contributed by atoms with Gasteiger partial charge in [-0.05, 0) is 23.1 Å². The van der Waals surface area contributed by atoms with Crippen molar-refractivity contribution in [1.29, 1.82) is 0 Å². The van der Waals surface area contributed by atoms with E-state index in [9.17, 15) is 0 Å². The molecular formula is C18H20BN. The lowest BCUT2D eigenvalue weighted by atomic mass is 9.95. The second-order valence-corrected chi connectivity index (χ2v) is 6.55. The van der Waals surface area contributed by atoms with E-state index in [1.165, 1.54) is 27.4 Å². The summed E-state index contributed by atoms with van der Waals surface area (Å²) >= 11 is 0. The highest BCUT2D eigenvalue weighted by Crippen LogP contribution is 2.29. The molecule has 0 amide bonds. The molecule has 1 heterocycles. The topological polar surface area (TPSA) is 4.93 Å². The van der Waals surface area contributed by atoms with Crippen LogP contribution in [-0.4, -0.2) is 12.5 Å². The van der Waals surface area contributed by atoms with E-state index >= 15 is 0 Å². The highest BCUT2D eigenvalue weighted by atomic mass is 14.9. The van der Waals surface area contributed by atoms with Crippen LogP contribution in [-0.2, 0) is 0 Å². The van der Waals surface area contributed by atoms with E-state index in [4.69, 9.17) is 0 Å². The van der Waals surface area contributed by atoms with E-state index in [1.807, 2.05) is 0 Å². The van der Waals surface area contributed by atoms with Crippen molar-refractivity contribution in [3.63, 3.8) is 0 Å². The van der Waals surface area contributed by atoms with Crippen molar-refractivity contribution in [1.82, 2.24) is 4.48 Å². The quantitative estimate of drug-likeness (QED) is 0.577. The Morgan fingerprint density at radius 1 is 0.950 bits per heavy atom. The van der Waals surface area contributed by atoms with Crippen LogP contribution in [0.25, 0.3) is 27.9 Å². The Kier molecular flexibility index (Phi) is 2.97. The van der Waals surface area contributed by atoms with Crippen LogP contribution in [0.2, 0.25) is 0 Å². The minimum atomic E-state index is 0.216. The maximum Gasteiger partial charge on any atom is 0.223 e. The molecule has 3 rings (SSSR count). The molecule has 0 N–H and O–H groups in total. The molecule has 0 aliphatic rings. The molecule has 2 aromatic carbocycles. The van der Waals surface area contributed by atoms with Gasteiger partial charge in [0, 0.05) is 21.8 Å². The van der Waals surface area contributed by atoms with Gasteiger partial charge >= 0.3 is 0 Å². The molecule has 0 atom stereocenters. The summed E-state index contributed by atoms with van der Waals surface area (Å²) in [6.07, 6.45) is 4.48. The first kappa shape index (κ1) is 13.0. The molecule has 100 valence electrons. The second kappa shape index (κ2) is 4.55. The molecule has 0 unspecified atom stereocenters. The summed E-state index contributed by atoms with van der Waals surface area (Å²) in [5, 5.41) is 2.66. The van der Waals surface area contributed by atoms with Crippen LogP contribution in [0, 0.1) is 5.41 Å². The molecule has 20 heavy (non-hydrogen) atoms. The summed E-state index contributed by atoms with van der Waals surface area (Å²) in [5.74, 6) is 0. The van der Waals surface area contributed by atoms with Gasteiger partial charge in [-0.3, -0.25) is 0 Å². The molecule has 0 aliphatic heterocycles. The minimum absolute atomic E-state index is 0.216. The van der Waals surface area contributed by atoms with Gasteiger partial charge in [-0.1, -0.05) is 63.3 Å². The average Bonchev–Trinajstić information content (AvgIpc) is 2.70. The number of hydrogen-bond donors (Lipinski definition) is 0. The predicted octanol–water partition coefficient (Wildman–Crippen LogP) is 4.25. The number of para-hydroxylation sites is 1. The van der Waals surface area contributed by atoms with Crippen molar-refractivity contribution in [2.24, 2.45) is 5.41 Å². The van der Waals surface area contributed by atoms with E-state index in [0.717, 1.165) is 0 Å².